The van der Waals surface area contributed by atoms with Gasteiger partial charge in [-0.2, -0.15) is 0 Å². The summed E-state index contributed by atoms with van der Waals surface area (Å²) in [5.74, 6) is 0.587. The highest BCUT2D eigenvalue weighted by molar-refractivity contribution is 6.31. The lowest BCUT2D eigenvalue weighted by atomic mass is 10.2. The lowest BCUT2D eigenvalue weighted by Gasteiger charge is -2.32. The Morgan fingerprint density at radius 1 is 1.38 bits per heavy atom. The quantitative estimate of drug-likeness (QED) is 0.835. The fraction of sp³-hybridized carbons (Fsp3) is 0.588. The van der Waals surface area contributed by atoms with Crippen LogP contribution in [0.2, 0.25) is 5.02 Å². The number of carbonyl (C=O) groups excluding carboxylic acids is 1. The molecule has 2 heterocycles. The maximum Gasteiger partial charge on any atom is 0.238 e. The number of rotatable bonds is 5. The maximum atomic E-state index is 12.4. The zero-order valence-corrected chi connectivity index (χ0v) is 14.8. The van der Waals surface area contributed by atoms with Gasteiger partial charge in [-0.25, -0.2) is 0 Å². The predicted molar refractivity (Wildman–Crippen MR) is 95.9 cm³/mol. The summed E-state index contributed by atoms with van der Waals surface area (Å²) in [5.41, 5.74) is 0.618. The second kappa shape index (κ2) is 8.16. The number of nitrogens with zero attached hydrogens (tertiary/aromatic N) is 2. The van der Waals surface area contributed by atoms with Crippen molar-refractivity contribution in [2.24, 2.45) is 0 Å². The third-order valence-corrected chi connectivity index (χ3v) is 4.95. The van der Waals surface area contributed by atoms with Crippen LogP contribution in [0.3, 0.4) is 0 Å². The van der Waals surface area contributed by atoms with E-state index in [0.29, 0.717) is 29.0 Å². The Balaban J connectivity index is 1.51. The van der Waals surface area contributed by atoms with Crippen molar-refractivity contribution >= 4 is 23.2 Å². The van der Waals surface area contributed by atoms with Crippen molar-refractivity contribution in [1.29, 1.82) is 0 Å². The lowest BCUT2D eigenvalue weighted by molar-refractivity contribution is -0.117. The van der Waals surface area contributed by atoms with Crippen LogP contribution in [-0.4, -0.2) is 74.7 Å². The lowest BCUT2D eigenvalue weighted by Crippen LogP contribution is -2.49. The van der Waals surface area contributed by atoms with E-state index in [4.69, 9.17) is 16.3 Å². The van der Waals surface area contributed by atoms with Crippen molar-refractivity contribution in [3.63, 3.8) is 0 Å². The molecule has 2 saturated heterocycles. The molecule has 2 aliphatic heterocycles. The van der Waals surface area contributed by atoms with Gasteiger partial charge in [-0.15, -0.1) is 0 Å². The number of amides is 1. The second-order valence-corrected chi connectivity index (χ2v) is 6.79. The Kier molecular flexibility index (Phi) is 5.94. The van der Waals surface area contributed by atoms with Crippen molar-refractivity contribution in [1.82, 2.24) is 15.1 Å². The minimum atomic E-state index is -0.0310. The molecule has 1 unspecified atom stereocenters. The summed E-state index contributed by atoms with van der Waals surface area (Å²) in [7, 11) is 1.58. The maximum absolute atomic E-state index is 12.4. The topological polar surface area (TPSA) is 56.8 Å². The molecule has 1 amide bonds. The smallest absolute Gasteiger partial charge is 0.238 e. The summed E-state index contributed by atoms with van der Waals surface area (Å²) >= 11 is 6.00. The van der Waals surface area contributed by atoms with Gasteiger partial charge in [-0.05, 0) is 24.6 Å². The minimum Gasteiger partial charge on any atom is -0.495 e. The highest BCUT2D eigenvalue weighted by atomic mass is 35.5. The van der Waals surface area contributed by atoms with E-state index in [1.807, 2.05) is 0 Å². The number of hydrogen-bond acceptors (Lipinski definition) is 5. The summed E-state index contributed by atoms with van der Waals surface area (Å²) in [6, 6.07) is 5.79. The largest absolute Gasteiger partial charge is 0.495 e. The summed E-state index contributed by atoms with van der Waals surface area (Å²) in [5, 5.41) is 6.87. The first-order valence-corrected chi connectivity index (χ1v) is 8.84. The van der Waals surface area contributed by atoms with E-state index in [0.717, 1.165) is 45.7 Å². The fourth-order valence-electron chi connectivity index (χ4n) is 3.47. The van der Waals surface area contributed by atoms with Gasteiger partial charge in [0.25, 0.3) is 0 Å². The molecule has 0 saturated carbocycles. The van der Waals surface area contributed by atoms with Crippen molar-refractivity contribution in [3.05, 3.63) is 23.2 Å². The molecule has 0 bridgehead atoms. The molecule has 0 aromatic heterocycles. The first-order valence-electron chi connectivity index (χ1n) is 8.46. The van der Waals surface area contributed by atoms with E-state index < -0.39 is 0 Å². The van der Waals surface area contributed by atoms with Crippen molar-refractivity contribution in [3.8, 4) is 5.75 Å². The number of anilines is 1. The number of ether oxygens (including phenoxy) is 1. The van der Waals surface area contributed by atoms with Crippen LogP contribution in [0.5, 0.6) is 5.75 Å². The number of methoxy groups -OCH3 is 1. The van der Waals surface area contributed by atoms with Gasteiger partial charge < -0.3 is 15.4 Å². The highest BCUT2D eigenvalue weighted by Gasteiger charge is 2.29. The van der Waals surface area contributed by atoms with Gasteiger partial charge in [0.1, 0.15) is 5.75 Å². The molecule has 1 aromatic carbocycles. The third-order valence-electron chi connectivity index (χ3n) is 4.72. The minimum absolute atomic E-state index is 0.0310. The molecule has 3 rings (SSSR count). The molecule has 1 aromatic rings. The van der Waals surface area contributed by atoms with Crippen LogP contribution >= 0.6 is 11.6 Å². The summed E-state index contributed by atoms with van der Waals surface area (Å²) in [6.45, 7) is 6.65. The van der Waals surface area contributed by atoms with Crippen LogP contribution in [0.25, 0.3) is 0 Å². The Labute approximate surface area is 148 Å². The number of carbonyl (C=O) groups is 1. The molecule has 132 valence electrons. The van der Waals surface area contributed by atoms with E-state index in [-0.39, 0.29) is 5.91 Å². The van der Waals surface area contributed by atoms with E-state index in [1.165, 1.54) is 0 Å². The van der Waals surface area contributed by atoms with Crippen LogP contribution in [0, 0.1) is 0 Å². The standard InChI is InChI=1S/C17H25ClN4O2/c1-24-16-3-2-13(18)10-15(16)20-17(23)12-21-7-4-14(11-21)22-8-5-19-6-9-22/h2-3,10,14,19H,4-9,11-12H2,1H3,(H,20,23). The molecular weight excluding hydrogens is 328 g/mol. The van der Waals surface area contributed by atoms with E-state index in [2.05, 4.69) is 20.4 Å². The molecule has 0 aliphatic carbocycles. The summed E-state index contributed by atoms with van der Waals surface area (Å²) < 4.78 is 5.27. The molecule has 7 heteroatoms. The Morgan fingerprint density at radius 3 is 2.92 bits per heavy atom. The number of nitrogens with one attached hydrogen (secondary N) is 2. The first-order chi connectivity index (χ1) is 11.7. The van der Waals surface area contributed by atoms with Crippen molar-refractivity contribution < 1.29 is 9.53 Å². The molecule has 0 spiro atoms. The molecular formula is C17H25ClN4O2. The number of benzene rings is 1. The van der Waals surface area contributed by atoms with Gasteiger partial charge in [0, 0.05) is 50.3 Å². The normalized spacial score (nSPS) is 22.5. The van der Waals surface area contributed by atoms with Crippen LogP contribution in [0.15, 0.2) is 18.2 Å². The Bertz CT molecular complexity index is 578. The summed E-state index contributed by atoms with van der Waals surface area (Å²) in [6.07, 6.45) is 1.13. The van der Waals surface area contributed by atoms with Crippen LogP contribution in [0.4, 0.5) is 5.69 Å². The van der Waals surface area contributed by atoms with E-state index >= 15 is 0 Å². The second-order valence-electron chi connectivity index (χ2n) is 6.36. The van der Waals surface area contributed by atoms with Gasteiger partial charge in [0.2, 0.25) is 5.91 Å². The Morgan fingerprint density at radius 2 is 2.17 bits per heavy atom. The molecule has 1 atom stereocenters. The fourth-order valence-corrected chi connectivity index (χ4v) is 3.64. The molecule has 24 heavy (non-hydrogen) atoms. The number of likely N-dealkylation sites (tertiary alicyclic amines) is 1. The average molecular weight is 353 g/mol. The summed E-state index contributed by atoms with van der Waals surface area (Å²) in [4.78, 5) is 17.1. The van der Waals surface area contributed by atoms with Crippen LogP contribution < -0.4 is 15.4 Å². The highest BCUT2D eigenvalue weighted by Crippen LogP contribution is 2.27. The molecule has 2 N–H and O–H groups in total. The SMILES string of the molecule is COc1ccc(Cl)cc1NC(=O)CN1CCC(N2CCNCC2)C1. The van der Waals surface area contributed by atoms with Crippen LogP contribution in [-0.2, 0) is 4.79 Å². The average Bonchev–Trinajstić information content (AvgIpc) is 3.04. The number of halogens is 1. The van der Waals surface area contributed by atoms with E-state index in [9.17, 15) is 4.79 Å². The van der Waals surface area contributed by atoms with Gasteiger partial charge in [-0.1, -0.05) is 11.6 Å². The molecule has 0 radical (unpaired) electrons. The van der Waals surface area contributed by atoms with Crippen molar-refractivity contribution in [2.75, 3.05) is 58.2 Å². The number of piperazine rings is 1. The van der Waals surface area contributed by atoms with Crippen molar-refractivity contribution in [2.45, 2.75) is 12.5 Å². The van der Waals surface area contributed by atoms with Gasteiger partial charge >= 0.3 is 0 Å². The monoisotopic (exact) mass is 352 g/mol. The third kappa shape index (κ3) is 4.39. The molecule has 2 aliphatic rings. The molecule has 6 nitrogen and oxygen atoms in total. The Hall–Kier alpha value is -1.34. The van der Waals surface area contributed by atoms with Gasteiger partial charge in [0.05, 0.1) is 19.3 Å². The molecule has 2 fully saturated rings. The van der Waals surface area contributed by atoms with E-state index in [1.54, 1.807) is 25.3 Å². The first kappa shape index (κ1) is 17.5. The number of hydrogen-bond donors (Lipinski definition) is 2. The predicted octanol–water partition coefficient (Wildman–Crippen LogP) is 1.27. The van der Waals surface area contributed by atoms with Crippen LogP contribution in [0.1, 0.15) is 6.42 Å². The zero-order chi connectivity index (χ0) is 16.9. The van der Waals surface area contributed by atoms with Gasteiger partial charge in [0.15, 0.2) is 0 Å². The zero-order valence-electron chi connectivity index (χ0n) is 14.1. The van der Waals surface area contributed by atoms with Gasteiger partial charge in [-0.3, -0.25) is 14.6 Å².